The van der Waals surface area contributed by atoms with Crippen LogP contribution in [0.25, 0.3) is 20.0 Å². The Morgan fingerprint density at radius 3 is 1.39 bits per heavy atom. The summed E-state index contributed by atoms with van der Waals surface area (Å²) < 4.78 is 13.2. The molecule has 0 N–H and O–H groups in total. The Morgan fingerprint density at radius 2 is 1.00 bits per heavy atom. The molecule has 0 bridgehead atoms. The van der Waals surface area contributed by atoms with Gasteiger partial charge in [0.05, 0.1) is 0 Å². The first-order chi connectivity index (χ1) is 15.3. The van der Waals surface area contributed by atoms with Gasteiger partial charge in [0, 0.05) is 0 Å². The second-order valence-corrected chi connectivity index (χ2v) is 10.1. The van der Waals surface area contributed by atoms with E-state index in [1.807, 2.05) is 0 Å². The van der Waals surface area contributed by atoms with Crippen molar-refractivity contribution >= 4 is 25.9 Å². The molecule has 0 atom stereocenters. The minimum absolute atomic E-state index is 0.0765. The van der Waals surface area contributed by atoms with Crippen LogP contribution < -0.4 is 15.2 Å². The second kappa shape index (κ2) is 9.41. The molecular formula is C25H26N2O3Se. The fourth-order valence-electron chi connectivity index (χ4n) is 4.08. The molecule has 0 aliphatic carbocycles. The third kappa shape index (κ3) is 4.78. The van der Waals surface area contributed by atoms with Crippen LogP contribution in [0.2, 0.25) is 0 Å². The molecule has 2 aromatic carbocycles. The van der Waals surface area contributed by atoms with Gasteiger partial charge in [0.2, 0.25) is 0 Å². The Labute approximate surface area is 188 Å². The van der Waals surface area contributed by atoms with E-state index >= 15 is 0 Å². The molecular weight excluding hydrogens is 455 g/mol. The number of hydrogen-bond acceptors (Lipinski definition) is 5. The molecule has 0 amide bonds. The zero-order chi connectivity index (χ0) is 21.0. The van der Waals surface area contributed by atoms with E-state index in [4.69, 9.17) is 9.47 Å². The zero-order valence-electron chi connectivity index (χ0n) is 17.5. The number of morpholine rings is 2. The predicted molar refractivity (Wildman–Crippen MR) is 127 cm³/mol. The predicted octanol–water partition coefficient (Wildman–Crippen LogP) is 3.11. The molecule has 0 saturated carbocycles. The Morgan fingerprint density at radius 1 is 0.613 bits per heavy atom. The topological polar surface area (TPSA) is 42.0 Å². The summed E-state index contributed by atoms with van der Waals surface area (Å²) in [5.74, 6) is 0. The normalized spacial score (nSPS) is 17.0. The van der Waals surface area contributed by atoms with Gasteiger partial charge in [-0.05, 0) is 0 Å². The van der Waals surface area contributed by atoms with Gasteiger partial charge in [0.15, 0.2) is 0 Å². The summed E-state index contributed by atoms with van der Waals surface area (Å²) in [6.07, 6.45) is 0. The maximum atomic E-state index is 12.5. The maximum absolute atomic E-state index is 12.5. The number of rotatable bonds is 4. The molecule has 6 heteroatoms. The number of benzene rings is 2. The van der Waals surface area contributed by atoms with E-state index < -0.39 is 0 Å². The average molecular weight is 481 g/mol. The molecule has 5 nitrogen and oxygen atoms in total. The molecule has 31 heavy (non-hydrogen) atoms. The first-order valence-electron chi connectivity index (χ1n) is 10.8. The van der Waals surface area contributed by atoms with Crippen molar-refractivity contribution in [1.82, 2.24) is 0 Å². The molecule has 0 radical (unpaired) electrons. The molecule has 0 unspecified atom stereocenters. The van der Waals surface area contributed by atoms with Crippen molar-refractivity contribution in [3.05, 3.63) is 70.9 Å². The van der Waals surface area contributed by atoms with Gasteiger partial charge in [-0.25, -0.2) is 0 Å². The monoisotopic (exact) mass is 482 g/mol. The summed E-state index contributed by atoms with van der Waals surface area (Å²) in [6.45, 7) is 6.84. The fraction of sp³-hybridized carbons (Fsp3) is 0.320. The van der Waals surface area contributed by atoms with Crippen molar-refractivity contribution in [2.45, 2.75) is 0 Å². The molecule has 2 aliphatic heterocycles. The van der Waals surface area contributed by atoms with Crippen LogP contribution in [0, 0.1) is 0 Å². The van der Waals surface area contributed by atoms with Gasteiger partial charge in [0.25, 0.3) is 0 Å². The Hall–Kier alpha value is -2.37. The Balaban J connectivity index is 1.38. The zero-order valence-corrected chi connectivity index (χ0v) is 19.2. The first-order valence-corrected chi connectivity index (χ1v) is 12.5. The van der Waals surface area contributed by atoms with Crippen molar-refractivity contribution in [3.63, 3.8) is 0 Å². The van der Waals surface area contributed by atoms with Crippen molar-refractivity contribution < 1.29 is 9.47 Å². The van der Waals surface area contributed by atoms with Gasteiger partial charge in [-0.2, -0.15) is 0 Å². The van der Waals surface area contributed by atoms with Gasteiger partial charge in [-0.1, -0.05) is 0 Å². The van der Waals surface area contributed by atoms with Crippen LogP contribution in [0.4, 0.5) is 11.4 Å². The van der Waals surface area contributed by atoms with Crippen LogP contribution in [0.1, 0.15) is 0 Å². The molecule has 3 heterocycles. The number of ether oxygens (including phenoxy) is 2. The van der Waals surface area contributed by atoms with Crippen molar-refractivity contribution in [2.24, 2.45) is 0 Å². The summed E-state index contributed by atoms with van der Waals surface area (Å²) in [4.78, 5) is 17.2. The van der Waals surface area contributed by atoms with E-state index in [0.717, 1.165) is 72.6 Å². The number of hydrogen-bond donors (Lipinski definition) is 0. The van der Waals surface area contributed by atoms with Crippen LogP contribution >= 0.6 is 0 Å². The summed E-state index contributed by atoms with van der Waals surface area (Å²) in [5, 5.41) is 0. The summed E-state index contributed by atoms with van der Waals surface area (Å²) in [5.41, 5.74) is 4.79. The third-order valence-electron chi connectivity index (χ3n) is 5.82. The summed E-state index contributed by atoms with van der Waals surface area (Å²) >= 11 is 0.0921. The fourth-order valence-corrected chi connectivity index (χ4v) is 6.38. The molecule has 160 valence electrons. The minimum atomic E-state index is 0.0765. The van der Waals surface area contributed by atoms with Gasteiger partial charge in [0.1, 0.15) is 0 Å². The Bertz CT molecular complexity index is 984. The summed E-state index contributed by atoms with van der Waals surface area (Å²) in [6, 6.07) is 20.9. The first kappa shape index (κ1) is 20.5. The van der Waals surface area contributed by atoms with Gasteiger partial charge >= 0.3 is 189 Å². The van der Waals surface area contributed by atoms with Crippen LogP contribution in [-0.2, 0) is 9.47 Å². The van der Waals surface area contributed by atoms with E-state index in [1.54, 1.807) is 12.1 Å². The van der Waals surface area contributed by atoms with E-state index in [-0.39, 0.29) is 19.9 Å². The van der Waals surface area contributed by atoms with E-state index in [9.17, 15) is 4.79 Å². The van der Waals surface area contributed by atoms with E-state index in [0.29, 0.717) is 0 Å². The summed E-state index contributed by atoms with van der Waals surface area (Å²) in [7, 11) is 0. The number of anilines is 2. The van der Waals surface area contributed by atoms with Crippen molar-refractivity contribution in [1.29, 1.82) is 0 Å². The van der Waals surface area contributed by atoms with Gasteiger partial charge in [-0.3, -0.25) is 0 Å². The molecule has 3 aromatic rings. The molecule has 0 spiro atoms. The van der Waals surface area contributed by atoms with Crippen LogP contribution in [0.3, 0.4) is 0 Å². The third-order valence-corrected chi connectivity index (χ3v) is 8.23. The quantitative estimate of drug-likeness (QED) is 0.536. The standard InChI is InChI=1S/C25H26N2O3Se/c28-23-17-24(19-1-5-21(6-2-19)26-9-13-29-14-10-26)31-25(18-23)20-3-7-22(8-4-20)27-11-15-30-16-12-27/h1-8,17-18H,9-16H2. The van der Waals surface area contributed by atoms with Crippen LogP contribution in [-0.4, -0.2) is 67.1 Å². The van der Waals surface area contributed by atoms with Crippen LogP contribution in [0.15, 0.2) is 65.5 Å². The molecule has 1 aromatic heterocycles. The number of nitrogens with zero attached hydrogens (tertiary/aromatic N) is 2. The van der Waals surface area contributed by atoms with Crippen molar-refractivity contribution in [3.8, 4) is 20.0 Å². The van der Waals surface area contributed by atoms with Gasteiger partial charge < -0.3 is 0 Å². The SMILES string of the molecule is O=c1cc(-c2ccc(N3CCOCC3)cc2)[se]c(-c2ccc(N3CCOCC3)cc2)c1. The molecule has 5 rings (SSSR count). The van der Waals surface area contributed by atoms with E-state index in [1.165, 1.54) is 11.4 Å². The second-order valence-electron chi connectivity index (χ2n) is 7.81. The van der Waals surface area contributed by atoms with Crippen LogP contribution in [0.5, 0.6) is 0 Å². The van der Waals surface area contributed by atoms with Gasteiger partial charge in [-0.15, -0.1) is 0 Å². The molecule has 2 aliphatic rings. The molecule has 2 saturated heterocycles. The average Bonchev–Trinajstić information content (AvgIpc) is 2.85. The van der Waals surface area contributed by atoms with E-state index in [2.05, 4.69) is 58.3 Å². The Kier molecular flexibility index (Phi) is 6.23. The molecule has 2 fully saturated rings. The van der Waals surface area contributed by atoms with Crippen molar-refractivity contribution in [2.75, 3.05) is 62.4 Å².